The standard InChI is InChI=1S/C7H9ClN2/c1-5-2-3-7(10-8)6(9)4-5/h2-4,10H,9H2,1H3. The van der Waals surface area contributed by atoms with Crippen molar-refractivity contribution in [2.45, 2.75) is 6.92 Å². The van der Waals surface area contributed by atoms with Crippen LogP contribution in [0.2, 0.25) is 0 Å². The SMILES string of the molecule is Cc1ccc(NCl)c(N)c1. The van der Waals surface area contributed by atoms with Crippen molar-refractivity contribution < 1.29 is 0 Å². The molecule has 0 spiro atoms. The van der Waals surface area contributed by atoms with Gasteiger partial charge in [-0.1, -0.05) is 6.07 Å². The fourth-order valence-corrected chi connectivity index (χ4v) is 0.940. The van der Waals surface area contributed by atoms with E-state index in [4.69, 9.17) is 17.5 Å². The van der Waals surface area contributed by atoms with E-state index in [0.717, 1.165) is 11.3 Å². The maximum Gasteiger partial charge on any atom is 0.0721 e. The highest BCUT2D eigenvalue weighted by atomic mass is 35.5. The van der Waals surface area contributed by atoms with Gasteiger partial charge in [-0.3, -0.25) is 4.84 Å². The molecule has 3 N–H and O–H groups in total. The number of halogens is 1. The van der Waals surface area contributed by atoms with Gasteiger partial charge in [0.1, 0.15) is 0 Å². The lowest BCUT2D eigenvalue weighted by molar-refractivity contribution is 1.47. The molecule has 10 heavy (non-hydrogen) atoms. The predicted molar refractivity (Wildman–Crippen MR) is 45.1 cm³/mol. The minimum Gasteiger partial charge on any atom is -0.397 e. The fraction of sp³-hybridized carbons (Fsp3) is 0.143. The first-order valence-electron chi connectivity index (χ1n) is 2.97. The van der Waals surface area contributed by atoms with Crippen LogP contribution in [0.1, 0.15) is 5.56 Å². The molecule has 2 nitrogen and oxygen atoms in total. The van der Waals surface area contributed by atoms with Crippen LogP contribution in [0, 0.1) is 6.92 Å². The number of rotatable bonds is 1. The Hall–Kier alpha value is -0.890. The Morgan fingerprint density at radius 2 is 2.20 bits per heavy atom. The number of benzene rings is 1. The van der Waals surface area contributed by atoms with Gasteiger partial charge in [-0.15, -0.1) is 0 Å². The third-order valence-electron chi connectivity index (χ3n) is 1.31. The van der Waals surface area contributed by atoms with Gasteiger partial charge < -0.3 is 5.73 Å². The molecule has 0 saturated heterocycles. The summed E-state index contributed by atoms with van der Waals surface area (Å²) in [7, 11) is 0. The van der Waals surface area contributed by atoms with Gasteiger partial charge >= 0.3 is 0 Å². The summed E-state index contributed by atoms with van der Waals surface area (Å²) in [5.41, 5.74) is 8.15. The van der Waals surface area contributed by atoms with Crippen LogP contribution in [-0.4, -0.2) is 0 Å². The molecule has 54 valence electrons. The van der Waals surface area contributed by atoms with Gasteiger partial charge in [0.05, 0.1) is 11.4 Å². The molecule has 1 aromatic carbocycles. The average Bonchev–Trinajstić information content (AvgIpc) is 1.88. The highest BCUT2D eigenvalue weighted by molar-refractivity contribution is 6.24. The van der Waals surface area contributed by atoms with Crippen LogP contribution in [0.5, 0.6) is 0 Å². The van der Waals surface area contributed by atoms with Crippen molar-refractivity contribution in [3.8, 4) is 0 Å². The van der Waals surface area contributed by atoms with Crippen molar-refractivity contribution in [1.82, 2.24) is 0 Å². The molecule has 0 aliphatic rings. The smallest absolute Gasteiger partial charge is 0.0721 e. The van der Waals surface area contributed by atoms with Crippen LogP contribution >= 0.6 is 11.8 Å². The Morgan fingerprint density at radius 3 is 2.70 bits per heavy atom. The summed E-state index contributed by atoms with van der Waals surface area (Å²) >= 11 is 5.35. The molecular weight excluding hydrogens is 148 g/mol. The van der Waals surface area contributed by atoms with E-state index >= 15 is 0 Å². The van der Waals surface area contributed by atoms with E-state index in [9.17, 15) is 0 Å². The summed E-state index contributed by atoms with van der Waals surface area (Å²) in [5.74, 6) is 0. The summed E-state index contributed by atoms with van der Waals surface area (Å²) in [4.78, 5) is 2.47. The summed E-state index contributed by atoms with van der Waals surface area (Å²) in [6.07, 6.45) is 0. The molecule has 0 unspecified atom stereocenters. The summed E-state index contributed by atoms with van der Waals surface area (Å²) < 4.78 is 0. The predicted octanol–water partition coefficient (Wildman–Crippen LogP) is 2.14. The number of aryl methyl sites for hydroxylation is 1. The second-order valence-corrected chi connectivity index (χ2v) is 2.37. The number of nitrogens with two attached hydrogens (primary N) is 1. The fourth-order valence-electron chi connectivity index (χ4n) is 0.768. The summed E-state index contributed by atoms with van der Waals surface area (Å²) in [5, 5.41) is 0. The molecule has 0 amide bonds. The summed E-state index contributed by atoms with van der Waals surface area (Å²) in [6, 6.07) is 5.66. The average molecular weight is 157 g/mol. The number of nitrogen functional groups attached to an aromatic ring is 1. The van der Waals surface area contributed by atoms with Gasteiger partial charge in [0, 0.05) is 11.8 Å². The number of hydrogen-bond donors (Lipinski definition) is 2. The molecule has 0 aliphatic heterocycles. The minimum absolute atomic E-state index is 0.676. The van der Waals surface area contributed by atoms with Gasteiger partial charge in [-0.05, 0) is 24.6 Å². The van der Waals surface area contributed by atoms with Crippen molar-refractivity contribution >= 4 is 23.2 Å². The third-order valence-corrected chi connectivity index (χ3v) is 1.51. The van der Waals surface area contributed by atoms with Crippen molar-refractivity contribution in [3.05, 3.63) is 23.8 Å². The van der Waals surface area contributed by atoms with E-state index in [1.54, 1.807) is 0 Å². The van der Waals surface area contributed by atoms with Crippen LogP contribution in [-0.2, 0) is 0 Å². The topological polar surface area (TPSA) is 38.0 Å². The number of anilines is 2. The largest absolute Gasteiger partial charge is 0.397 e. The molecule has 0 fully saturated rings. The Morgan fingerprint density at radius 1 is 1.50 bits per heavy atom. The second kappa shape index (κ2) is 2.80. The molecule has 0 saturated carbocycles. The van der Waals surface area contributed by atoms with Crippen molar-refractivity contribution in [2.24, 2.45) is 0 Å². The first-order valence-corrected chi connectivity index (χ1v) is 3.34. The van der Waals surface area contributed by atoms with E-state index in [1.807, 2.05) is 25.1 Å². The third kappa shape index (κ3) is 1.33. The lowest BCUT2D eigenvalue weighted by Crippen LogP contribution is -1.91. The molecule has 0 aromatic heterocycles. The first-order chi connectivity index (χ1) is 4.74. The molecule has 0 bridgehead atoms. The molecule has 0 aliphatic carbocycles. The van der Waals surface area contributed by atoms with Gasteiger partial charge in [-0.2, -0.15) is 0 Å². The monoisotopic (exact) mass is 156 g/mol. The zero-order valence-electron chi connectivity index (χ0n) is 5.69. The quantitative estimate of drug-likeness (QED) is 0.483. The van der Waals surface area contributed by atoms with Crippen LogP contribution in [0.25, 0.3) is 0 Å². The summed E-state index contributed by atoms with van der Waals surface area (Å²) in [6.45, 7) is 1.98. The van der Waals surface area contributed by atoms with Crippen LogP contribution < -0.4 is 10.6 Å². The lowest BCUT2D eigenvalue weighted by atomic mass is 10.2. The van der Waals surface area contributed by atoms with Gasteiger partial charge in [0.15, 0.2) is 0 Å². The van der Waals surface area contributed by atoms with Crippen LogP contribution in [0.15, 0.2) is 18.2 Å². The molecule has 0 heterocycles. The van der Waals surface area contributed by atoms with Crippen molar-refractivity contribution in [2.75, 3.05) is 10.6 Å². The van der Waals surface area contributed by atoms with Crippen LogP contribution in [0.3, 0.4) is 0 Å². The Bertz CT molecular complexity index is 235. The van der Waals surface area contributed by atoms with E-state index in [0.29, 0.717) is 5.69 Å². The zero-order chi connectivity index (χ0) is 7.56. The molecule has 1 aromatic rings. The van der Waals surface area contributed by atoms with Gasteiger partial charge in [-0.25, -0.2) is 0 Å². The van der Waals surface area contributed by atoms with E-state index in [2.05, 4.69) is 4.84 Å². The van der Waals surface area contributed by atoms with Crippen molar-refractivity contribution in [1.29, 1.82) is 0 Å². The highest BCUT2D eigenvalue weighted by Crippen LogP contribution is 2.19. The number of hydrogen-bond acceptors (Lipinski definition) is 2. The lowest BCUT2D eigenvalue weighted by Gasteiger charge is -2.02. The molecule has 3 heteroatoms. The Balaban J connectivity index is 3.07. The molecule has 0 radical (unpaired) electrons. The van der Waals surface area contributed by atoms with E-state index in [-0.39, 0.29) is 0 Å². The van der Waals surface area contributed by atoms with E-state index < -0.39 is 0 Å². The molecule has 1 rings (SSSR count). The Labute approximate surface area is 65.1 Å². The van der Waals surface area contributed by atoms with Crippen LogP contribution in [0.4, 0.5) is 11.4 Å². The van der Waals surface area contributed by atoms with Gasteiger partial charge in [0.25, 0.3) is 0 Å². The van der Waals surface area contributed by atoms with Gasteiger partial charge in [0.2, 0.25) is 0 Å². The highest BCUT2D eigenvalue weighted by Gasteiger charge is 1.94. The first kappa shape index (κ1) is 7.22. The Kier molecular flexibility index (Phi) is 2.02. The van der Waals surface area contributed by atoms with E-state index in [1.165, 1.54) is 0 Å². The second-order valence-electron chi connectivity index (χ2n) is 2.19. The number of nitrogens with one attached hydrogen (secondary N) is 1. The normalized spacial score (nSPS) is 9.40. The molecule has 0 atom stereocenters. The molecular formula is C7H9ClN2. The van der Waals surface area contributed by atoms with Crippen molar-refractivity contribution in [3.63, 3.8) is 0 Å². The maximum atomic E-state index is 5.58. The maximum absolute atomic E-state index is 5.58. The minimum atomic E-state index is 0.676. The zero-order valence-corrected chi connectivity index (χ0v) is 6.44.